The van der Waals surface area contributed by atoms with Gasteiger partial charge in [0.25, 0.3) is 0 Å². The molecule has 2 amide bonds. The lowest BCUT2D eigenvalue weighted by molar-refractivity contribution is -0.156. The summed E-state index contributed by atoms with van der Waals surface area (Å²) in [5, 5.41) is 0. The van der Waals surface area contributed by atoms with Crippen molar-refractivity contribution in [2.45, 2.75) is 65.0 Å². The molecule has 0 radical (unpaired) electrons. The summed E-state index contributed by atoms with van der Waals surface area (Å²) in [7, 11) is 0. The lowest BCUT2D eigenvalue weighted by atomic mass is 10.1. The first kappa shape index (κ1) is 22.2. The smallest absolute Gasteiger partial charge is 0.409 e. The maximum absolute atomic E-state index is 12.3. The highest BCUT2D eigenvalue weighted by Crippen LogP contribution is 2.11. The molecule has 0 unspecified atom stereocenters. The van der Waals surface area contributed by atoms with Crippen molar-refractivity contribution in [3.8, 4) is 0 Å². The molecule has 1 fully saturated rings. The quantitative estimate of drug-likeness (QED) is 0.538. The summed E-state index contributed by atoms with van der Waals surface area (Å²) < 4.78 is 10.4. The predicted octanol–water partition coefficient (Wildman–Crippen LogP) is 1.52. The maximum atomic E-state index is 12.3. The van der Waals surface area contributed by atoms with Crippen molar-refractivity contribution in [3.05, 3.63) is 0 Å². The lowest BCUT2D eigenvalue weighted by Gasteiger charge is -2.34. The summed E-state index contributed by atoms with van der Waals surface area (Å²) >= 11 is 0. The van der Waals surface area contributed by atoms with Crippen LogP contribution in [-0.2, 0) is 19.1 Å². The van der Waals surface area contributed by atoms with E-state index in [0.717, 1.165) is 12.8 Å². The van der Waals surface area contributed by atoms with Gasteiger partial charge in [-0.3, -0.25) is 9.59 Å². The van der Waals surface area contributed by atoms with E-state index in [2.05, 4.69) is 0 Å². The van der Waals surface area contributed by atoms with Gasteiger partial charge in [-0.1, -0.05) is 13.3 Å². The first-order valence-corrected chi connectivity index (χ1v) is 9.32. The Balaban J connectivity index is 2.31. The van der Waals surface area contributed by atoms with Gasteiger partial charge in [0.2, 0.25) is 5.91 Å². The van der Waals surface area contributed by atoms with Gasteiger partial charge in [-0.25, -0.2) is 4.79 Å². The summed E-state index contributed by atoms with van der Waals surface area (Å²) in [4.78, 5) is 39.3. The van der Waals surface area contributed by atoms with Crippen LogP contribution in [-0.4, -0.2) is 72.2 Å². The molecule has 1 aliphatic rings. The molecule has 0 aromatic heterocycles. The molecule has 2 N–H and O–H groups in total. The van der Waals surface area contributed by atoms with Crippen molar-refractivity contribution in [1.82, 2.24) is 9.80 Å². The third-order valence-electron chi connectivity index (χ3n) is 3.99. The Morgan fingerprint density at radius 2 is 1.65 bits per heavy atom. The molecule has 1 heterocycles. The molecule has 8 nitrogen and oxygen atoms in total. The van der Waals surface area contributed by atoms with Crippen molar-refractivity contribution in [3.63, 3.8) is 0 Å². The molecule has 26 heavy (non-hydrogen) atoms. The molecular weight excluding hydrogens is 338 g/mol. The third kappa shape index (κ3) is 8.03. The van der Waals surface area contributed by atoms with Crippen molar-refractivity contribution in [2.24, 2.45) is 5.73 Å². The van der Waals surface area contributed by atoms with Crippen LogP contribution in [0.2, 0.25) is 0 Å². The molecule has 0 aromatic rings. The minimum absolute atomic E-state index is 0.0667. The van der Waals surface area contributed by atoms with Crippen LogP contribution in [0, 0.1) is 0 Å². The number of carbonyl (C=O) groups excluding carboxylic acids is 3. The van der Waals surface area contributed by atoms with Crippen LogP contribution in [0.1, 0.15) is 53.4 Å². The number of nitrogens with two attached hydrogens (primary N) is 1. The second-order valence-electron chi connectivity index (χ2n) is 7.51. The Bertz CT molecular complexity index is 482. The van der Waals surface area contributed by atoms with Crippen molar-refractivity contribution < 1.29 is 23.9 Å². The second kappa shape index (κ2) is 10.4. The predicted molar refractivity (Wildman–Crippen MR) is 97.5 cm³/mol. The van der Waals surface area contributed by atoms with Crippen LogP contribution in [0.3, 0.4) is 0 Å². The van der Waals surface area contributed by atoms with E-state index >= 15 is 0 Å². The van der Waals surface area contributed by atoms with Crippen LogP contribution < -0.4 is 5.73 Å². The number of nitrogens with zero attached hydrogens (tertiary/aromatic N) is 2. The van der Waals surface area contributed by atoms with Gasteiger partial charge in [0, 0.05) is 32.6 Å². The van der Waals surface area contributed by atoms with Gasteiger partial charge < -0.3 is 25.0 Å². The molecule has 8 heteroatoms. The molecule has 0 bridgehead atoms. The number of amides is 2. The first-order valence-electron chi connectivity index (χ1n) is 9.32. The number of hydrogen-bond donors (Lipinski definition) is 1. The van der Waals surface area contributed by atoms with E-state index in [1.165, 1.54) is 0 Å². The standard InChI is InChI=1S/C18H33N3O5/c1-5-6-13-25-17(24)21-11-9-20(10-12-21)15(22)8-7-14(19)16(23)26-18(2,3)4/h14H,5-13,19H2,1-4H3/t14-/m0/s1. The van der Waals surface area contributed by atoms with E-state index in [1.54, 1.807) is 30.6 Å². The largest absolute Gasteiger partial charge is 0.459 e. The Labute approximate surface area is 156 Å². The van der Waals surface area contributed by atoms with Gasteiger partial charge in [-0.2, -0.15) is 0 Å². The fourth-order valence-corrected chi connectivity index (χ4v) is 2.47. The van der Waals surface area contributed by atoms with Gasteiger partial charge >= 0.3 is 12.1 Å². The average Bonchev–Trinajstić information content (AvgIpc) is 2.58. The maximum Gasteiger partial charge on any atom is 0.409 e. The average molecular weight is 371 g/mol. The van der Waals surface area contributed by atoms with Crippen LogP contribution >= 0.6 is 0 Å². The number of rotatable bonds is 7. The molecule has 1 atom stereocenters. The van der Waals surface area contributed by atoms with E-state index in [0.29, 0.717) is 32.8 Å². The molecule has 0 aliphatic carbocycles. The topological polar surface area (TPSA) is 102 Å². The fourth-order valence-electron chi connectivity index (χ4n) is 2.47. The van der Waals surface area contributed by atoms with E-state index in [-0.39, 0.29) is 24.8 Å². The normalized spacial score (nSPS) is 16.2. The lowest BCUT2D eigenvalue weighted by Crippen LogP contribution is -2.51. The highest BCUT2D eigenvalue weighted by atomic mass is 16.6. The van der Waals surface area contributed by atoms with Gasteiger partial charge in [-0.05, 0) is 33.6 Å². The summed E-state index contributed by atoms with van der Waals surface area (Å²) in [6, 6.07) is -0.812. The Morgan fingerprint density at radius 3 is 2.19 bits per heavy atom. The molecule has 1 saturated heterocycles. The summed E-state index contributed by atoms with van der Waals surface area (Å²) in [5.41, 5.74) is 5.21. The zero-order valence-corrected chi connectivity index (χ0v) is 16.5. The number of esters is 1. The second-order valence-corrected chi connectivity index (χ2v) is 7.51. The number of ether oxygens (including phenoxy) is 2. The fraction of sp³-hybridized carbons (Fsp3) is 0.833. The molecule has 0 spiro atoms. The minimum atomic E-state index is -0.812. The van der Waals surface area contributed by atoms with Gasteiger partial charge in [0.05, 0.1) is 6.61 Å². The van der Waals surface area contributed by atoms with E-state index in [4.69, 9.17) is 15.2 Å². The third-order valence-corrected chi connectivity index (χ3v) is 3.99. The van der Waals surface area contributed by atoms with Gasteiger partial charge in [0.1, 0.15) is 11.6 Å². The monoisotopic (exact) mass is 371 g/mol. The molecule has 150 valence electrons. The molecule has 0 saturated carbocycles. The highest BCUT2D eigenvalue weighted by molar-refractivity contribution is 5.79. The number of hydrogen-bond acceptors (Lipinski definition) is 6. The van der Waals surface area contributed by atoms with Crippen molar-refractivity contribution in [1.29, 1.82) is 0 Å². The van der Waals surface area contributed by atoms with Crippen LogP contribution in [0.4, 0.5) is 4.79 Å². The van der Waals surface area contributed by atoms with Gasteiger partial charge in [-0.15, -0.1) is 0 Å². The highest BCUT2D eigenvalue weighted by Gasteiger charge is 2.27. The first-order chi connectivity index (χ1) is 12.1. The zero-order valence-electron chi connectivity index (χ0n) is 16.5. The zero-order chi connectivity index (χ0) is 19.7. The number of carbonyl (C=O) groups is 3. The van der Waals surface area contributed by atoms with Crippen LogP contribution in [0.5, 0.6) is 0 Å². The Morgan fingerprint density at radius 1 is 1.08 bits per heavy atom. The minimum Gasteiger partial charge on any atom is -0.459 e. The van der Waals surface area contributed by atoms with Crippen molar-refractivity contribution in [2.75, 3.05) is 32.8 Å². The van der Waals surface area contributed by atoms with Gasteiger partial charge in [0.15, 0.2) is 0 Å². The Hall–Kier alpha value is -1.83. The van der Waals surface area contributed by atoms with E-state index < -0.39 is 17.6 Å². The molecular formula is C18H33N3O5. The van der Waals surface area contributed by atoms with Crippen molar-refractivity contribution >= 4 is 18.0 Å². The number of unbranched alkanes of at least 4 members (excludes halogenated alkanes) is 1. The van der Waals surface area contributed by atoms with E-state index in [9.17, 15) is 14.4 Å². The molecule has 1 rings (SSSR count). The molecule has 0 aromatic carbocycles. The van der Waals surface area contributed by atoms with E-state index in [1.807, 2.05) is 6.92 Å². The SMILES string of the molecule is CCCCOC(=O)N1CCN(C(=O)CC[C@H](N)C(=O)OC(C)(C)C)CC1. The summed E-state index contributed by atoms with van der Waals surface area (Å²) in [6.45, 7) is 9.61. The number of piperazine rings is 1. The van der Waals surface area contributed by atoms with Crippen LogP contribution in [0.25, 0.3) is 0 Å². The Kier molecular flexibility index (Phi) is 8.84. The van der Waals surface area contributed by atoms with Crippen LogP contribution in [0.15, 0.2) is 0 Å². The summed E-state index contributed by atoms with van der Waals surface area (Å²) in [5.74, 6) is -0.562. The molecule has 1 aliphatic heterocycles. The summed E-state index contributed by atoms with van der Waals surface area (Å²) in [6.07, 6.45) is 1.93.